The number of hydrogen-bond acceptors (Lipinski definition) is 4. The molecule has 1 aromatic heterocycles. The van der Waals surface area contributed by atoms with Gasteiger partial charge in [-0.25, -0.2) is 4.98 Å². The first-order chi connectivity index (χ1) is 8.69. The highest BCUT2D eigenvalue weighted by Gasteiger charge is 2.31. The van der Waals surface area contributed by atoms with E-state index >= 15 is 0 Å². The molecule has 0 radical (unpaired) electrons. The SMILES string of the molecule is CCOC1CC(Cc2ocnc2CNC(C)C)C1. The van der Waals surface area contributed by atoms with Gasteiger partial charge in [-0.3, -0.25) is 0 Å². The van der Waals surface area contributed by atoms with E-state index in [2.05, 4.69) is 31.1 Å². The third kappa shape index (κ3) is 3.56. The van der Waals surface area contributed by atoms with Crippen LogP contribution >= 0.6 is 0 Å². The Morgan fingerprint density at radius 3 is 2.94 bits per heavy atom. The number of hydrogen-bond donors (Lipinski definition) is 1. The molecule has 0 spiro atoms. The van der Waals surface area contributed by atoms with Crippen LogP contribution in [0.5, 0.6) is 0 Å². The fourth-order valence-electron chi connectivity index (χ4n) is 2.38. The lowest BCUT2D eigenvalue weighted by molar-refractivity contribution is -0.0252. The zero-order chi connectivity index (χ0) is 13.0. The quantitative estimate of drug-likeness (QED) is 0.810. The third-order valence-electron chi connectivity index (χ3n) is 3.47. The van der Waals surface area contributed by atoms with E-state index in [1.165, 1.54) is 0 Å². The predicted molar refractivity (Wildman–Crippen MR) is 70.3 cm³/mol. The molecule has 2 rings (SSSR count). The average Bonchev–Trinajstić information content (AvgIpc) is 2.71. The lowest BCUT2D eigenvalue weighted by Gasteiger charge is -2.34. The van der Waals surface area contributed by atoms with E-state index in [0.717, 1.165) is 43.9 Å². The van der Waals surface area contributed by atoms with Gasteiger partial charge in [0.1, 0.15) is 5.76 Å². The topological polar surface area (TPSA) is 47.3 Å². The van der Waals surface area contributed by atoms with Crippen LogP contribution in [0.4, 0.5) is 0 Å². The van der Waals surface area contributed by atoms with Crippen LogP contribution in [0.3, 0.4) is 0 Å². The summed E-state index contributed by atoms with van der Waals surface area (Å²) in [6.45, 7) is 7.95. The van der Waals surface area contributed by atoms with Crippen LogP contribution in [0.1, 0.15) is 45.1 Å². The molecule has 0 unspecified atom stereocenters. The first-order valence-corrected chi connectivity index (χ1v) is 6.95. The van der Waals surface area contributed by atoms with E-state index in [4.69, 9.17) is 9.15 Å². The molecule has 1 saturated carbocycles. The van der Waals surface area contributed by atoms with Crippen molar-refractivity contribution < 1.29 is 9.15 Å². The molecule has 1 aliphatic rings. The van der Waals surface area contributed by atoms with Gasteiger partial charge in [0, 0.05) is 25.6 Å². The number of ether oxygens (including phenoxy) is 1. The first-order valence-electron chi connectivity index (χ1n) is 6.95. The van der Waals surface area contributed by atoms with E-state index < -0.39 is 0 Å². The average molecular weight is 252 g/mol. The minimum absolute atomic E-state index is 0.472. The van der Waals surface area contributed by atoms with Crippen LogP contribution in [-0.4, -0.2) is 23.7 Å². The summed E-state index contributed by atoms with van der Waals surface area (Å²) in [5, 5.41) is 3.38. The zero-order valence-electron chi connectivity index (χ0n) is 11.6. The largest absolute Gasteiger partial charge is 0.448 e. The Hall–Kier alpha value is -0.870. The van der Waals surface area contributed by atoms with Gasteiger partial charge in [-0.05, 0) is 25.7 Å². The van der Waals surface area contributed by atoms with Crippen molar-refractivity contribution in [1.82, 2.24) is 10.3 Å². The van der Waals surface area contributed by atoms with Crippen molar-refractivity contribution in [2.45, 2.75) is 58.7 Å². The molecule has 0 amide bonds. The highest BCUT2D eigenvalue weighted by Crippen LogP contribution is 2.33. The molecule has 0 atom stereocenters. The van der Waals surface area contributed by atoms with Gasteiger partial charge >= 0.3 is 0 Å². The Morgan fingerprint density at radius 1 is 1.50 bits per heavy atom. The molecule has 1 N–H and O–H groups in total. The molecule has 4 nitrogen and oxygen atoms in total. The molecule has 1 aliphatic carbocycles. The Bertz CT molecular complexity index is 356. The van der Waals surface area contributed by atoms with E-state index in [1.54, 1.807) is 6.39 Å². The minimum atomic E-state index is 0.472. The van der Waals surface area contributed by atoms with Crippen LogP contribution in [0.25, 0.3) is 0 Å². The van der Waals surface area contributed by atoms with Gasteiger partial charge in [0.05, 0.1) is 11.8 Å². The van der Waals surface area contributed by atoms with Gasteiger partial charge in [-0.15, -0.1) is 0 Å². The highest BCUT2D eigenvalue weighted by atomic mass is 16.5. The monoisotopic (exact) mass is 252 g/mol. The molecule has 0 aliphatic heterocycles. The molecule has 1 fully saturated rings. The number of nitrogens with one attached hydrogen (secondary N) is 1. The summed E-state index contributed by atoms with van der Waals surface area (Å²) >= 11 is 0. The van der Waals surface area contributed by atoms with Gasteiger partial charge in [0.25, 0.3) is 0 Å². The summed E-state index contributed by atoms with van der Waals surface area (Å²) in [7, 11) is 0. The molecule has 0 saturated heterocycles. The summed E-state index contributed by atoms with van der Waals surface area (Å²) < 4.78 is 11.1. The Labute approximate surface area is 109 Å². The van der Waals surface area contributed by atoms with Crippen LogP contribution in [0, 0.1) is 5.92 Å². The molecular weight excluding hydrogens is 228 g/mol. The van der Waals surface area contributed by atoms with Crippen LogP contribution in [0.15, 0.2) is 10.8 Å². The third-order valence-corrected chi connectivity index (χ3v) is 3.47. The summed E-state index contributed by atoms with van der Waals surface area (Å²) in [5.41, 5.74) is 1.06. The van der Waals surface area contributed by atoms with Crippen molar-refractivity contribution in [2.24, 2.45) is 5.92 Å². The Kier molecular flexibility index (Phi) is 4.78. The second-order valence-electron chi connectivity index (χ2n) is 5.38. The summed E-state index contributed by atoms with van der Waals surface area (Å²) in [6, 6.07) is 0.473. The van der Waals surface area contributed by atoms with Crippen molar-refractivity contribution in [3.05, 3.63) is 17.8 Å². The van der Waals surface area contributed by atoms with Crippen molar-refractivity contribution in [2.75, 3.05) is 6.61 Å². The Morgan fingerprint density at radius 2 is 2.28 bits per heavy atom. The fourth-order valence-corrected chi connectivity index (χ4v) is 2.38. The molecule has 102 valence electrons. The number of nitrogens with zero attached hydrogens (tertiary/aromatic N) is 1. The normalized spacial score (nSPS) is 23.3. The predicted octanol–water partition coefficient (Wildman–Crippen LogP) is 2.53. The van der Waals surface area contributed by atoms with E-state index in [0.29, 0.717) is 18.1 Å². The van der Waals surface area contributed by atoms with Gasteiger partial charge in [-0.2, -0.15) is 0 Å². The van der Waals surface area contributed by atoms with E-state index in [9.17, 15) is 0 Å². The van der Waals surface area contributed by atoms with Crippen LogP contribution in [-0.2, 0) is 17.7 Å². The molecule has 0 aromatic carbocycles. The molecule has 0 bridgehead atoms. The second-order valence-corrected chi connectivity index (χ2v) is 5.38. The number of oxazole rings is 1. The summed E-state index contributed by atoms with van der Waals surface area (Å²) in [4.78, 5) is 4.29. The minimum Gasteiger partial charge on any atom is -0.448 e. The van der Waals surface area contributed by atoms with Gasteiger partial charge in [-0.1, -0.05) is 13.8 Å². The lowest BCUT2D eigenvalue weighted by atomic mass is 9.79. The number of aromatic nitrogens is 1. The van der Waals surface area contributed by atoms with E-state index in [-0.39, 0.29) is 0 Å². The molecule has 18 heavy (non-hydrogen) atoms. The summed E-state index contributed by atoms with van der Waals surface area (Å²) in [5.74, 6) is 1.75. The van der Waals surface area contributed by atoms with Gasteiger partial charge < -0.3 is 14.5 Å². The molecule has 1 heterocycles. The number of rotatable bonds is 7. The van der Waals surface area contributed by atoms with Crippen LogP contribution < -0.4 is 5.32 Å². The maximum Gasteiger partial charge on any atom is 0.181 e. The van der Waals surface area contributed by atoms with Crippen molar-refractivity contribution in [3.8, 4) is 0 Å². The van der Waals surface area contributed by atoms with Gasteiger partial charge in [0.15, 0.2) is 6.39 Å². The molecular formula is C14H24N2O2. The first kappa shape index (κ1) is 13.6. The fraction of sp³-hybridized carbons (Fsp3) is 0.786. The zero-order valence-corrected chi connectivity index (χ0v) is 11.6. The molecule has 1 aromatic rings. The van der Waals surface area contributed by atoms with E-state index in [1.807, 2.05) is 0 Å². The van der Waals surface area contributed by atoms with Crippen molar-refractivity contribution in [1.29, 1.82) is 0 Å². The standard InChI is InChI=1S/C14H24N2O2/c1-4-17-12-5-11(6-12)7-14-13(16-9-18-14)8-15-10(2)3/h9-12,15H,4-8H2,1-3H3. The van der Waals surface area contributed by atoms with Crippen molar-refractivity contribution >= 4 is 0 Å². The Balaban J connectivity index is 1.78. The van der Waals surface area contributed by atoms with Gasteiger partial charge in [0.2, 0.25) is 0 Å². The van der Waals surface area contributed by atoms with Crippen molar-refractivity contribution in [3.63, 3.8) is 0 Å². The summed E-state index contributed by atoms with van der Waals surface area (Å²) in [6.07, 6.45) is 5.35. The van der Waals surface area contributed by atoms with Crippen LogP contribution in [0.2, 0.25) is 0 Å². The maximum absolute atomic E-state index is 5.58. The second kappa shape index (κ2) is 6.34. The maximum atomic E-state index is 5.58. The smallest absolute Gasteiger partial charge is 0.181 e. The highest BCUT2D eigenvalue weighted by molar-refractivity contribution is 5.09. The lowest BCUT2D eigenvalue weighted by Crippen LogP contribution is -2.32. The molecule has 4 heteroatoms.